The Hall–Kier alpha value is -2.53. The number of methoxy groups -OCH3 is 1. The Labute approximate surface area is 164 Å². The lowest BCUT2D eigenvalue weighted by molar-refractivity contribution is -0.122. The number of carbonyl (C=O) groups is 2. The Morgan fingerprint density at radius 1 is 0.963 bits per heavy atom. The zero-order valence-electron chi connectivity index (χ0n) is 15.9. The average molecular weight is 387 g/mol. The number of anilines is 2. The molecule has 5 nitrogen and oxygen atoms in total. The van der Waals surface area contributed by atoms with E-state index in [0.717, 1.165) is 22.4 Å². The summed E-state index contributed by atoms with van der Waals surface area (Å²) in [6.45, 7) is 5.82. The largest absolute Gasteiger partial charge is 0.495 e. The van der Waals surface area contributed by atoms with E-state index < -0.39 is 0 Å². The minimum Gasteiger partial charge on any atom is -0.495 e. The summed E-state index contributed by atoms with van der Waals surface area (Å²) in [5.74, 6) is -0.463. The highest BCUT2D eigenvalue weighted by molar-refractivity contribution is 6.31. The van der Waals surface area contributed by atoms with E-state index in [1.807, 2.05) is 39.0 Å². The first-order valence-electron chi connectivity index (χ1n) is 8.83. The molecule has 0 aliphatic heterocycles. The zero-order valence-corrected chi connectivity index (χ0v) is 16.6. The normalized spacial score (nSPS) is 18.0. The highest BCUT2D eigenvalue weighted by Gasteiger charge is 2.48. The van der Waals surface area contributed by atoms with Gasteiger partial charge < -0.3 is 15.4 Å². The molecule has 2 atom stereocenters. The van der Waals surface area contributed by atoms with E-state index in [2.05, 4.69) is 10.6 Å². The molecule has 2 amide bonds. The van der Waals surface area contributed by atoms with E-state index in [9.17, 15) is 9.59 Å². The highest BCUT2D eigenvalue weighted by Crippen LogP contribution is 2.41. The third kappa shape index (κ3) is 4.25. The molecule has 0 radical (unpaired) electrons. The van der Waals surface area contributed by atoms with E-state index in [-0.39, 0.29) is 23.7 Å². The van der Waals surface area contributed by atoms with Crippen LogP contribution in [0.2, 0.25) is 5.02 Å². The van der Waals surface area contributed by atoms with E-state index >= 15 is 0 Å². The first kappa shape index (κ1) is 19.2. The van der Waals surface area contributed by atoms with E-state index in [4.69, 9.17) is 16.3 Å². The molecule has 27 heavy (non-hydrogen) atoms. The van der Waals surface area contributed by atoms with E-state index in [1.165, 1.54) is 7.11 Å². The number of ether oxygens (including phenoxy) is 1. The molecule has 2 aromatic rings. The maximum Gasteiger partial charge on any atom is 0.228 e. The van der Waals surface area contributed by atoms with Crippen molar-refractivity contribution in [2.24, 2.45) is 11.8 Å². The van der Waals surface area contributed by atoms with Gasteiger partial charge in [0.25, 0.3) is 0 Å². The predicted molar refractivity (Wildman–Crippen MR) is 108 cm³/mol. The lowest BCUT2D eigenvalue weighted by Crippen LogP contribution is -2.21. The summed E-state index contributed by atoms with van der Waals surface area (Å²) < 4.78 is 5.28. The molecule has 0 spiro atoms. The van der Waals surface area contributed by atoms with Crippen LogP contribution in [0.5, 0.6) is 5.75 Å². The predicted octanol–water partition coefficient (Wildman–Crippen LogP) is 4.49. The Morgan fingerprint density at radius 3 is 2.19 bits per heavy atom. The second kappa shape index (κ2) is 7.61. The fourth-order valence-corrected chi connectivity index (χ4v) is 3.26. The lowest BCUT2D eigenvalue weighted by atomic mass is 10.1. The van der Waals surface area contributed by atoms with Gasteiger partial charge in [-0.15, -0.1) is 0 Å². The molecule has 0 aromatic heterocycles. The van der Waals surface area contributed by atoms with Crippen molar-refractivity contribution in [1.82, 2.24) is 0 Å². The third-order valence-electron chi connectivity index (χ3n) is 4.84. The van der Waals surface area contributed by atoms with Crippen LogP contribution in [0.4, 0.5) is 11.4 Å². The molecule has 0 saturated heterocycles. The van der Waals surface area contributed by atoms with E-state index in [0.29, 0.717) is 22.9 Å². The van der Waals surface area contributed by atoms with Gasteiger partial charge in [-0.3, -0.25) is 9.59 Å². The summed E-state index contributed by atoms with van der Waals surface area (Å²) in [7, 11) is 1.52. The number of hydrogen-bond acceptors (Lipinski definition) is 3. The number of hydrogen-bond donors (Lipinski definition) is 2. The fraction of sp³-hybridized carbons (Fsp3) is 0.333. The van der Waals surface area contributed by atoms with Gasteiger partial charge in [-0.1, -0.05) is 29.3 Å². The molecular formula is C21H23ClN2O3. The number of aryl methyl sites for hydroxylation is 3. The monoisotopic (exact) mass is 386 g/mol. The fourth-order valence-electron chi connectivity index (χ4n) is 3.11. The van der Waals surface area contributed by atoms with Gasteiger partial charge >= 0.3 is 0 Å². The standard InChI is InChI=1S/C21H23ClN2O3/c1-11-5-6-17(13(3)7-11)23-20(25)14-9-15(14)21(26)24-18-8-12(2)16(22)10-19(18)27-4/h5-8,10,14-15H,9H2,1-4H3,(H,23,25)(H,24,26). The number of amides is 2. The Bertz CT molecular complexity index is 911. The highest BCUT2D eigenvalue weighted by atomic mass is 35.5. The smallest absolute Gasteiger partial charge is 0.228 e. The molecule has 6 heteroatoms. The summed E-state index contributed by atoms with van der Waals surface area (Å²) in [4.78, 5) is 25.0. The molecule has 2 aromatic carbocycles. The van der Waals surface area contributed by atoms with Crippen molar-refractivity contribution in [3.63, 3.8) is 0 Å². The Balaban J connectivity index is 1.63. The molecule has 0 bridgehead atoms. The van der Waals surface area contributed by atoms with Gasteiger partial charge in [0, 0.05) is 16.8 Å². The lowest BCUT2D eigenvalue weighted by Gasteiger charge is -2.12. The molecule has 3 rings (SSSR count). The first-order valence-corrected chi connectivity index (χ1v) is 9.21. The third-order valence-corrected chi connectivity index (χ3v) is 5.25. The second-order valence-corrected chi connectivity index (χ2v) is 7.45. The maximum absolute atomic E-state index is 12.5. The first-order chi connectivity index (χ1) is 12.8. The summed E-state index contributed by atoms with van der Waals surface area (Å²) in [6, 6.07) is 9.30. The zero-order chi connectivity index (χ0) is 19.7. The Kier molecular flexibility index (Phi) is 5.42. The van der Waals surface area contributed by atoms with Gasteiger partial charge in [0.15, 0.2) is 0 Å². The number of carbonyl (C=O) groups excluding carboxylic acids is 2. The number of nitrogens with one attached hydrogen (secondary N) is 2. The van der Waals surface area contributed by atoms with Crippen molar-refractivity contribution in [1.29, 1.82) is 0 Å². The second-order valence-electron chi connectivity index (χ2n) is 7.05. The van der Waals surface area contributed by atoms with Gasteiger partial charge in [0.1, 0.15) is 5.75 Å². The quantitative estimate of drug-likeness (QED) is 0.795. The van der Waals surface area contributed by atoms with Crippen molar-refractivity contribution < 1.29 is 14.3 Å². The van der Waals surface area contributed by atoms with Crippen LogP contribution in [0.25, 0.3) is 0 Å². The van der Waals surface area contributed by atoms with Crippen LogP contribution in [-0.4, -0.2) is 18.9 Å². The Morgan fingerprint density at radius 2 is 1.59 bits per heavy atom. The van der Waals surface area contributed by atoms with Gasteiger partial charge in [-0.25, -0.2) is 0 Å². The van der Waals surface area contributed by atoms with Crippen LogP contribution in [0, 0.1) is 32.6 Å². The average Bonchev–Trinajstić information content (AvgIpc) is 3.41. The molecule has 2 N–H and O–H groups in total. The molecule has 1 aliphatic rings. The van der Waals surface area contributed by atoms with Crippen LogP contribution < -0.4 is 15.4 Å². The number of rotatable bonds is 5. The SMILES string of the molecule is COc1cc(Cl)c(C)cc1NC(=O)C1CC1C(=O)Nc1ccc(C)cc1C. The molecular weight excluding hydrogens is 364 g/mol. The molecule has 2 unspecified atom stereocenters. The number of benzene rings is 2. The van der Waals surface area contributed by atoms with Crippen molar-refractivity contribution in [2.75, 3.05) is 17.7 Å². The molecule has 1 aliphatic carbocycles. The van der Waals surface area contributed by atoms with Gasteiger partial charge in [0.2, 0.25) is 11.8 Å². The van der Waals surface area contributed by atoms with Gasteiger partial charge in [0.05, 0.1) is 24.6 Å². The van der Waals surface area contributed by atoms with Crippen LogP contribution in [0.1, 0.15) is 23.1 Å². The maximum atomic E-state index is 12.5. The van der Waals surface area contributed by atoms with Crippen molar-refractivity contribution in [3.8, 4) is 5.75 Å². The topological polar surface area (TPSA) is 67.4 Å². The minimum absolute atomic E-state index is 0.124. The van der Waals surface area contributed by atoms with Crippen LogP contribution in [-0.2, 0) is 9.59 Å². The minimum atomic E-state index is -0.337. The summed E-state index contributed by atoms with van der Waals surface area (Å²) >= 11 is 6.09. The van der Waals surface area contributed by atoms with E-state index in [1.54, 1.807) is 12.1 Å². The molecule has 1 saturated carbocycles. The van der Waals surface area contributed by atoms with Crippen molar-refractivity contribution >= 4 is 34.8 Å². The summed E-state index contributed by atoms with van der Waals surface area (Å²) in [6.07, 6.45) is 0.539. The van der Waals surface area contributed by atoms with Gasteiger partial charge in [-0.2, -0.15) is 0 Å². The van der Waals surface area contributed by atoms with Crippen LogP contribution in [0.3, 0.4) is 0 Å². The van der Waals surface area contributed by atoms with Crippen molar-refractivity contribution in [3.05, 3.63) is 52.0 Å². The van der Waals surface area contributed by atoms with Crippen molar-refractivity contribution in [2.45, 2.75) is 27.2 Å². The summed E-state index contributed by atoms with van der Waals surface area (Å²) in [5, 5.41) is 6.35. The van der Waals surface area contributed by atoms with Gasteiger partial charge in [-0.05, 0) is 50.5 Å². The molecule has 1 fully saturated rings. The molecule has 142 valence electrons. The summed E-state index contributed by atoms with van der Waals surface area (Å²) in [5.41, 5.74) is 4.33. The van der Waals surface area contributed by atoms with Crippen LogP contribution in [0.15, 0.2) is 30.3 Å². The van der Waals surface area contributed by atoms with Crippen LogP contribution >= 0.6 is 11.6 Å². The number of halogens is 1. The molecule has 0 heterocycles.